The van der Waals surface area contributed by atoms with Crippen LogP contribution in [-0.2, 0) is 16.6 Å². The van der Waals surface area contributed by atoms with E-state index in [-0.39, 0.29) is 17.9 Å². The predicted molar refractivity (Wildman–Crippen MR) is 122 cm³/mol. The van der Waals surface area contributed by atoms with Crippen molar-refractivity contribution in [1.29, 1.82) is 0 Å². The number of carbonyl (C=O) groups is 1. The van der Waals surface area contributed by atoms with Gasteiger partial charge in [0.15, 0.2) is 0 Å². The van der Waals surface area contributed by atoms with Gasteiger partial charge in [0.2, 0.25) is 11.9 Å². The summed E-state index contributed by atoms with van der Waals surface area (Å²) in [5.74, 6) is 1.25. The summed E-state index contributed by atoms with van der Waals surface area (Å²) in [4.78, 5) is 26.7. The average molecular weight is 439 g/mol. The number of piperidine rings is 1. The molecule has 2 unspecified atom stereocenters. The molecule has 2 aromatic heterocycles. The Morgan fingerprint density at radius 2 is 2.00 bits per heavy atom. The van der Waals surface area contributed by atoms with Crippen LogP contribution in [0.1, 0.15) is 63.0 Å². The number of carbonyl (C=O) groups excluding carboxylic acids is 1. The van der Waals surface area contributed by atoms with Gasteiger partial charge in [-0.3, -0.25) is 9.48 Å². The zero-order chi connectivity index (χ0) is 21.9. The van der Waals surface area contributed by atoms with Gasteiger partial charge in [0.25, 0.3) is 0 Å². The molecule has 3 aliphatic heterocycles. The van der Waals surface area contributed by atoms with Crippen LogP contribution in [0.15, 0.2) is 18.5 Å². The van der Waals surface area contributed by atoms with E-state index in [0.717, 1.165) is 87.8 Å². The van der Waals surface area contributed by atoms with E-state index in [1.807, 2.05) is 28.9 Å². The number of rotatable bonds is 5. The molecule has 0 radical (unpaired) electrons. The van der Waals surface area contributed by atoms with Gasteiger partial charge in [-0.15, -0.1) is 0 Å². The lowest BCUT2D eigenvalue weighted by molar-refractivity contribution is -0.136. The highest BCUT2D eigenvalue weighted by Crippen LogP contribution is 2.34. The van der Waals surface area contributed by atoms with Crippen molar-refractivity contribution in [3.05, 3.63) is 24.2 Å². The van der Waals surface area contributed by atoms with Crippen LogP contribution in [0.2, 0.25) is 0 Å². The van der Waals surface area contributed by atoms with Crippen LogP contribution in [0.4, 0.5) is 5.95 Å². The molecule has 32 heavy (non-hydrogen) atoms. The maximum Gasteiger partial charge on any atom is 0.225 e. The summed E-state index contributed by atoms with van der Waals surface area (Å²) < 4.78 is 7.68. The second kappa shape index (κ2) is 9.57. The van der Waals surface area contributed by atoms with Crippen molar-refractivity contribution >= 4 is 11.9 Å². The van der Waals surface area contributed by atoms with Crippen LogP contribution in [0, 0.1) is 0 Å². The number of aromatic nitrogens is 4. The molecule has 1 amide bonds. The van der Waals surface area contributed by atoms with Crippen LogP contribution in [0.3, 0.4) is 0 Å². The summed E-state index contributed by atoms with van der Waals surface area (Å²) >= 11 is 0. The Morgan fingerprint density at radius 3 is 2.81 bits per heavy atom. The van der Waals surface area contributed by atoms with Crippen molar-refractivity contribution in [2.75, 3.05) is 37.7 Å². The van der Waals surface area contributed by atoms with Crippen molar-refractivity contribution < 1.29 is 9.53 Å². The summed E-state index contributed by atoms with van der Waals surface area (Å²) in [6.45, 7) is 4.38. The molecule has 2 aromatic rings. The zero-order valence-corrected chi connectivity index (χ0v) is 19.1. The second-order valence-electron chi connectivity index (χ2n) is 9.41. The van der Waals surface area contributed by atoms with Gasteiger partial charge in [-0.1, -0.05) is 0 Å². The van der Waals surface area contributed by atoms with Crippen LogP contribution < -0.4 is 4.90 Å². The van der Waals surface area contributed by atoms with Crippen LogP contribution in [0.25, 0.3) is 11.3 Å². The molecule has 0 bridgehead atoms. The number of ether oxygens (including phenoxy) is 1. The van der Waals surface area contributed by atoms with Crippen LogP contribution in [-0.4, -0.2) is 69.4 Å². The molecule has 8 heteroatoms. The summed E-state index contributed by atoms with van der Waals surface area (Å²) in [5.41, 5.74) is 3.03. The van der Waals surface area contributed by atoms with Crippen LogP contribution >= 0.6 is 0 Å². The van der Waals surface area contributed by atoms with E-state index in [9.17, 15) is 4.79 Å². The number of amides is 1. The van der Waals surface area contributed by atoms with Gasteiger partial charge in [-0.2, -0.15) is 5.10 Å². The summed E-state index contributed by atoms with van der Waals surface area (Å²) in [7, 11) is 1.96. The van der Waals surface area contributed by atoms with Gasteiger partial charge in [-0.25, -0.2) is 9.97 Å². The largest absolute Gasteiger partial charge is 0.378 e. The van der Waals surface area contributed by atoms with E-state index in [1.165, 1.54) is 12.8 Å². The minimum absolute atomic E-state index is 0.0899. The number of nitrogens with zero attached hydrogens (tertiary/aromatic N) is 6. The Morgan fingerprint density at radius 1 is 1.12 bits per heavy atom. The third-order valence-electron chi connectivity index (χ3n) is 7.00. The lowest BCUT2D eigenvalue weighted by atomic mass is 9.91. The fourth-order valence-corrected chi connectivity index (χ4v) is 5.29. The molecule has 3 fully saturated rings. The molecule has 0 aromatic carbocycles. The minimum Gasteiger partial charge on any atom is -0.378 e. The van der Waals surface area contributed by atoms with Crippen molar-refractivity contribution in [3.8, 4) is 11.3 Å². The first-order valence-electron chi connectivity index (χ1n) is 12.2. The topological polar surface area (TPSA) is 76.4 Å². The molecule has 5 rings (SSSR count). The Kier molecular flexibility index (Phi) is 6.39. The van der Waals surface area contributed by atoms with Gasteiger partial charge in [-0.05, 0) is 51.0 Å². The SMILES string of the molecule is Cn1cc(-c2ccnc(N3CCCC3)n2)c(C2CCCN(C(=O)CC3CCCCO3)C2)n1. The molecule has 0 N–H and O–H groups in total. The first-order valence-corrected chi connectivity index (χ1v) is 12.2. The second-order valence-corrected chi connectivity index (χ2v) is 9.41. The highest BCUT2D eigenvalue weighted by molar-refractivity contribution is 5.77. The van der Waals surface area contributed by atoms with Gasteiger partial charge in [0.05, 0.1) is 23.9 Å². The predicted octanol–water partition coefficient (Wildman–Crippen LogP) is 3.14. The third-order valence-corrected chi connectivity index (χ3v) is 7.00. The molecule has 0 aliphatic carbocycles. The van der Waals surface area contributed by atoms with E-state index in [0.29, 0.717) is 6.42 Å². The highest BCUT2D eigenvalue weighted by Gasteiger charge is 2.30. The summed E-state index contributed by atoms with van der Waals surface area (Å²) in [6, 6.07) is 1.98. The smallest absolute Gasteiger partial charge is 0.225 e. The molecule has 3 aliphatic rings. The zero-order valence-electron chi connectivity index (χ0n) is 19.1. The average Bonchev–Trinajstić information content (AvgIpc) is 3.50. The minimum atomic E-state index is 0.0899. The van der Waals surface area contributed by atoms with E-state index in [4.69, 9.17) is 14.8 Å². The first kappa shape index (κ1) is 21.4. The lowest BCUT2D eigenvalue weighted by Crippen LogP contribution is -2.41. The van der Waals surface area contributed by atoms with Crippen molar-refractivity contribution in [2.45, 2.75) is 63.4 Å². The monoisotopic (exact) mass is 438 g/mol. The van der Waals surface area contributed by atoms with Gasteiger partial charge in [0, 0.05) is 63.7 Å². The lowest BCUT2D eigenvalue weighted by Gasteiger charge is -2.34. The number of aryl methyl sites for hydroxylation is 1. The van der Waals surface area contributed by atoms with Gasteiger partial charge < -0.3 is 14.5 Å². The number of hydrogen-bond acceptors (Lipinski definition) is 6. The molecule has 0 saturated carbocycles. The van der Waals surface area contributed by atoms with Gasteiger partial charge >= 0.3 is 0 Å². The number of anilines is 1. The maximum atomic E-state index is 13.0. The molecule has 172 valence electrons. The van der Waals surface area contributed by atoms with E-state index >= 15 is 0 Å². The molecular formula is C24H34N6O2. The van der Waals surface area contributed by atoms with Crippen molar-refractivity contribution in [3.63, 3.8) is 0 Å². The van der Waals surface area contributed by atoms with Gasteiger partial charge in [0.1, 0.15) is 0 Å². The first-order chi connectivity index (χ1) is 15.7. The van der Waals surface area contributed by atoms with Crippen LogP contribution in [0.5, 0.6) is 0 Å². The molecule has 2 atom stereocenters. The fraction of sp³-hybridized carbons (Fsp3) is 0.667. The highest BCUT2D eigenvalue weighted by atomic mass is 16.5. The van der Waals surface area contributed by atoms with E-state index in [1.54, 1.807) is 0 Å². The normalized spacial score (nSPS) is 24.2. The Labute approximate surface area is 190 Å². The summed E-state index contributed by atoms with van der Waals surface area (Å²) in [5, 5.41) is 4.83. The van der Waals surface area contributed by atoms with E-state index in [2.05, 4.69) is 16.1 Å². The Balaban J connectivity index is 1.33. The molecular weight excluding hydrogens is 404 g/mol. The third kappa shape index (κ3) is 4.65. The quantitative estimate of drug-likeness (QED) is 0.714. The van der Waals surface area contributed by atoms with Crippen molar-refractivity contribution in [2.24, 2.45) is 7.05 Å². The maximum absolute atomic E-state index is 13.0. The van der Waals surface area contributed by atoms with E-state index < -0.39 is 0 Å². The fourth-order valence-electron chi connectivity index (χ4n) is 5.29. The van der Waals surface area contributed by atoms with Crippen molar-refractivity contribution in [1.82, 2.24) is 24.6 Å². The Hall–Kier alpha value is -2.48. The Bertz CT molecular complexity index is 932. The standard InChI is InChI=1S/C24H34N6O2/c1-28-17-20(21-9-10-25-24(26-21)29-11-3-4-12-29)23(27-28)18-7-6-13-30(16-18)22(31)15-19-8-2-5-14-32-19/h9-10,17-19H,2-8,11-16H2,1H3. The number of likely N-dealkylation sites (tertiary alicyclic amines) is 1. The summed E-state index contributed by atoms with van der Waals surface area (Å²) in [6.07, 6.45) is 12.2. The molecule has 5 heterocycles. The number of hydrogen-bond donors (Lipinski definition) is 0. The molecule has 0 spiro atoms. The molecule has 8 nitrogen and oxygen atoms in total. The molecule has 3 saturated heterocycles.